The molecule has 0 spiro atoms. The van der Waals surface area contributed by atoms with Crippen LogP contribution in [0, 0.1) is 0 Å². The van der Waals surface area contributed by atoms with Gasteiger partial charge in [-0.3, -0.25) is 0 Å². The van der Waals surface area contributed by atoms with Crippen LogP contribution in [0.2, 0.25) is 0 Å². The molecule has 0 aliphatic carbocycles. The first-order valence-electron chi connectivity index (χ1n) is 4.15. The lowest BCUT2D eigenvalue weighted by molar-refractivity contribution is -0.132. The van der Waals surface area contributed by atoms with E-state index < -0.39 is 11.6 Å². The fraction of sp³-hybridized carbons (Fsp3) is 0.500. The second-order valence-corrected chi connectivity index (χ2v) is 3.63. The predicted molar refractivity (Wildman–Crippen MR) is 49.3 cm³/mol. The van der Waals surface area contributed by atoms with Crippen molar-refractivity contribution in [1.82, 2.24) is 0 Å². The van der Waals surface area contributed by atoms with Crippen LogP contribution in [-0.2, 0) is 9.53 Å². The van der Waals surface area contributed by atoms with Gasteiger partial charge in [-0.1, -0.05) is 6.58 Å². The van der Waals surface area contributed by atoms with Crippen molar-refractivity contribution in [2.45, 2.75) is 32.8 Å². The maximum absolute atomic E-state index is 10.8. The van der Waals surface area contributed by atoms with E-state index in [0.29, 0.717) is 17.8 Å². The molecular weight excluding hydrogens is 168 g/mol. The van der Waals surface area contributed by atoms with Crippen molar-refractivity contribution >= 4 is 5.97 Å². The molecule has 0 aromatic carbocycles. The lowest BCUT2D eigenvalue weighted by atomic mass is 9.92. The summed E-state index contributed by atoms with van der Waals surface area (Å²) in [4.78, 5) is 10.8. The zero-order valence-corrected chi connectivity index (χ0v) is 8.18. The minimum Gasteiger partial charge on any atom is -0.487 e. The van der Waals surface area contributed by atoms with E-state index in [1.807, 2.05) is 13.8 Å². The van der Waals surface area contributed by atoms with Crippen molar-refractivity contribution in [1.29, 1.82) is 0 Å². The first-order valence-corrected chi connectivity index (χ1v) is 4.15. The summed E-state index contributed by atoms with van der Waals surface area (Å²) in [6, 6.07) is 0. The number of hydrogen-bond donors (Lipinski definition) is 1. The standard InChI is InChI=1S/C10H14O3/c1-6(2)10(4)5-8(9(11)12)7(3)13-10/h1,5H2,2-4H3,(H,11,12). The molecule has 3 nitrogen and oxygen atoms in total. The second kappa shape index (κ2) is 2.91. The van der Waals surface area contributed by atoms with Crippen LogP contribution >= 0.6 is 0 Å². The maximum atomic E-state index is 10.8. The van der Waals surface area contributed by atoms with E-state index in [4.69, 9.17) is 9.84 Å². The molecule has 0 fully saturated rings. The summed E-state index contributed by atoms with van der Waals surface area (Å²) < 4.78 is 5.48. The van der Waals surface area contributed by atoms with Gasteiger partial charge in [0.05, 0.1) is 5.57 Å². The predicted octanol–water partition coefficient (Wildman–Crippen LogP) is 2.10. The number of carbonyl (C=O) groups is 1. The van der Waals surface area contributed by atoms with Crippen LogP contribution < -0.4 is 0 Å². The molecule has 1 rings (SSSR count). The summed E-state index contributed by atoms with van der Waals surface area (Å²) in [5.74, 6) is -0.402. The molecule has 1 atom stereocenters. The molecule has 72 valence electrons. The molecule has 0 saturated heterocycles. The Hall–Kier alpha value is -1.25. The van der Waals surface area contributed by atoms with Gasteiger partial charge in [-0.25, -0.2) is 4.79 Å². The highest BCUT2D eigenvalue weighted by atomic mass is 16.5. The highest BCUT2D eigenvalue weighted by Crippen LogP contribution is 2.37. The monoisotopic (exact) mass is 182 g/mol. The van der Waals surface area contributed by atoms with Crippen molar-refractivity contribution < 1.29 is 14.6 Å². The fourth-order valence-corrected chi connectivity index (χ4v) is 1.36. The molecule has 1 aliphatic rings. The van der Waals surface area contributed by atoms with Gasteiger partial charge in [-0.15, -0.1) is 0 Å². The first-order chi connectivity index (χ1) is 5.87. The largest absolute Gasteiger partial charge is 0.487 e. The first kappa shape index (κ1) is 9.84. The minimum absolute atomic E-state index is 0.352. The van der Waals surface area contributed by atoms with Crippen LogP contribution in [0.4, 0.5) is 0 Å². The molecule has 3 heteroatoms. The van der Waals surface area contributed by atoms with Crippen molar-refractivity contribution in [3.05, 3.63) is 23.5 Å². The molecule has 0 aromatic heterocycles. The summed E-state index contributed by atoms with van der Waals surface area (Å²) in [6.45, 7) is 9.17. The topological polar surface area (TPSA) is 46.5 Å². The fourth-order valence-electron chi connectivity index (χ4n) is 1.36. The number of ether oxygens (including phenoxy) is 1. The smallest absolute Gasteiger partial charge is 0.335 e. The molecule has 0 bridgehead atoms. The van der Waals surface area contributed by atoms with E-state index in [-0.39, 0.29) is 0 Å². The van der Waals surface area contributed by atoms with Crippen LogP contribution in [0.5, 0.6) is 0 Å². The van der Waals surface area contributed by atoms with Crippen molar-refractivity contribution in [3.63, 3.8) is 0 Å². The Morgan fingerprint density at radius 2 is 2.23 bits per heavy atom. The third kappa shape index (κ3) is 1.59. The van der Waals surface area contributed by atoms with Gasteiger partial charge in [0, 0.05) is 6.42 Å². The quantitative estimate of drug-likeness (QED) is 0.665. The average Bonchev–Trinajstić information content (AvgIpc) is 2.28. The van der Waals surface area contributed by atoms with E-state index in [2.05, 4.69) is 6.58 Å². The molecule has 0 amide bonds. The van der Waals surface area contributed by atoms with E-state index in [1.165, 1.54) is 0 Å². The third-order valence-electron chi connectivity index (χ3n) is 2.48. The Morgan fingerprint density at radius 3 is 2.46 bits per heavy atom. The van der Waals surface area contributed by atoms with Gasteiger partial charge in [-0.2, -0.15) is 0 Å². The number of carboxylic acids is 1. The zero-order chi connectivity index (χ0) is 10.2. The van der Waals surface area contributed by atoms with Gasteiger partial charge >= 0.3 is 5.97 Å². The highest BCUT2D eigenvalue weighted by Gasteiger charge is 2.38. The molecule has 1 heterocycles. The van der Waals surface area contributed by atoms with E-state index in [1.54, 1.807) is 6.92 Å². The number of allylic oxidation sites excluding steroid dienone is 1. The Bertz CT molecular complexity index is 301. The van der Waals surface area contributed by atoms with Crippen LogP contribution in [0.1, 0.15) is 27.2 Å². The van der Waals surface area contributed by atoms with Gasteiger partial charge in [0.15, 0.2) is 0 Å². The van der Waals surface area contributed by atoms with Crippen molar-refractivity contribution in [3.8, 4) is 0 Å². The van der Waals surface area contributed by atoms with Gasteiger partial charge < -0.3 is 9.84 Å². The zero-order valence-electron chi connectivity index (χ0n) is 8.18. The molecule has 1 aliphatic heterocycles. The minimum atomic E-state index is -0.900. The third-order valence-corrected chi connectivity index (χ3v) is 2.48. The molecule has 0 aromatic rings. The second-order valence-electron chi connectivity index (χ2n) is 3.63. The van der Waals surface area contributed by atoms with Crippen LogP contribution in [-0.4, -0.2) is 16.7 Å². The highest BCUT2D eigenvalue weighted by molar-refractivity contribution is 5.88. The summed E-state index contributed by atoms with van der Waals surface area (Å²) in [5.41, 5.74) is 0.672. The SMILES string of the molecule is C=C(C)C1(C)CC(C(=O)O)=C(C)O1. The Kier molecular flexibility index (Phi) is 2.20. The van der Waals surface area contributed by atoms with Gasteiger partial charge in [-0.05, 0) is 26.3 Å². The van der Waals surface area contributed by atoms with Crippen LogP contribution in [0.25, 0.3) is 0 Å². The maximum Gasteiger partial charge on any atom is 0.335 e. The van der Waals surface area contributed by atoms with Crippen molar-refractivity contribution in [2.75, 3.05) is 0 Å². The molecule has 0 radical (unpaired) electrons. The lowest BCUT2D eigenvalue weighted by Gasteiger charge is -2.24. The summed E-state index contributed by atoms with van der Waals surface area (Å²) in [6.07, 6.45) is 0.406. The number of rotatable bonds is 2. The van der Waals surface area contributed by atoms with Gasteiger partial charge in [0.25, 0.3) is 0 Å². The average molecular weight is 182 g/mol. The van der Waals surface area contributed by atoms with Crippen LogP contribution in [0.3, 0.4) is 0 Å². The van der Waals surface area contributed by atoms with E-state index in [0.717, 1.165) is 5.57 Å². The normalized spacial score (nSPS) is 27.3. The summed E-state index contributed by atoms with van der Waals surface area (Å²) >= 11 is 0. The van der Waals surface area contributed by atoms with E-state index in [9.17, 15) is 4.79 Å². The van der Waals surface area contributed by atoms with Gasteiger partial charge in [0.2, 0.25) is 0 Å². The molecular formula is C10H14O3. The number of carboxylic acid groups (broad SMARTS) is 1. The Balaban J connectivity index is 2.91. The Labute approximate surface area is 77.7 Å². The van der Waals surface area contributed by atoms with Gasteiger partial charge in [0.1, 0.15) is 11.4 Å². The molecule has 1 unspecified atom stereocenters. The van der Waals surface area contributed by atoms with Crippen LogP contribution in [0.15, 0.2) is 23.5 Å². The van der Waals surface area contributed by atoms with Crippen molar-refractivity contribution in [2.24, 2.45) is 0 Å². The Morgan fingerprint density at radius 1 is 1.69 bits per heavy atom. The number of aliphatic carboxylic acids is 1. The lowest BCUT2D eigenvalue weighted by Crippen LogP contribution is -2.25. The summed E-state index contributed by atoms with van der Waals surface area (Å²) in [7, 11) is 0. The molecule has 13 heavy (non-hydrogen) atoms. The van der Waals surface area contributed by atoms with E-state index >= 15 is 0 Å². The number of hydrogen-bond acceptors (Lipinski definition) is 2. The molecule has 0 saturated carbocycles. The summed E-state index contributed by atoms with van der Waals surface area (Å²) in [5, 5.41) is 8.83. The molecule has 1 N–H and O–H groups in total.